The van der Waals surface area contributed by atoms with E-state index in [1.165, 1.54) is 5.56 Å². The van der Waals surface area contributed by atoms with E-state index in [4.69, 9.17) is 10.5 Å². The van der Waals surface area contributed by atoms with Crippen molar-refractivity contribution in [2.75, 3.05) is 13.7 Å². The lowest BCUT2D eigenvalue weighted by atomic mass is 9.90. The monoisotopic (exact) mass is 237 g/mol. The second kappa shape index (κ2) is 6.62. The van der Waals surface area contributed by atoms with E-state index >= 15 is 0 Å². The molecule has 96 valence electrons. The molecule has 3 N–H and O–H groups in total. The van der Waals surface area contributed by atoms with E-state index < -0.39 is 0 Å². The van der Waals surface area contributed by atoms with Crippen molar-refractivity contribution < 1.29 is 9.84 Å². The van der Waals surface area contributed by atoms with Gasteiger partial charge in [-0.3, -0.25) is 0 Å². The van der Waals surface area contributed by atoms with Crippen LogP contribution in [0.2, 0.25) is 0 Å². The first kappa shape index (κ1) is 14.0. The summed E-state index contributed by atoms with van der Waals surface area (Å²) in [6, 6.07) is 5.92. The quantitative estimate of drug-likeness (QED) is 0.798. The lowest BCUT2D eigenvalue weighted by molar-refractivity contribution is 0.199. The number of rotatable bonds is 6. The highest BCUT2D eigenvalue weighted by molar-refractivity contribution is 5.39. The Hall–Kier alpha value is -1.06. The Bertz CT molecular complexity index is 348. The summed E-state index contributed by atoms with van der Waals surface area (Å²) in [6.07, 6.45) is 1.83. The second-order valence-corrected chi connectivity index (χ2v) is 4.31. The predicted octanol–water partition coefficient (Wildman–Crippen LogP) is 2.28. The zero-order valence-electron chi connectivity index (χ0n) is 10.9. The van der Waals surface area contributed by atoms with E-state index in [0.29, 0.717) is 0 Å². The van der Waals surface area contributed by atoms with Gasteiger partial charge in [-0.15, -0.1) is 0 Å². The number of aliphatic hydroxyl groups is 1. The fraction of sp³-hybridized carbons (Fsp3) is 0.571. The van der Waals surface area contributed by atoms with Gasteiger partial charge in [0.25, 0.3) is 0 Å². The van der Waals surface area contributed by atoms with Crippen molar-refractivity contribution in [1.82, 2.24) is 0 Å². The standard InChI is InChI=1S/C14H23NO2/c1-4-10-6-7-13(17-3)12(8-10)14(15)11(5-2)9-16/h6-8,11,14,16H,4-5,9,15H2,1-3H3. The summed E-state index contributed by atoms with van der Waals surface area (Å²) < 4.78 is 5.34. The Morgan fingerprint density at radius 3 is 2.53 bits per heavy atom. The molecule has 1 aromatic carbocycles. The summed E-state index contributed by atoms with van der Waals surface area (Å²) in [5.41, 5.74) is 8.45. The topological polar surface area (TPSA) is 55.5 Å². The van der Waals surface area contributed by atoms with E-state index in [1.807, 2.05) is 13.0 Å². The second-order valence-electron chi connectivity index (χ2n) is 4.31. The summed E-state index contributed by atoms with van der Waals surface area (Å²) in [7, 11) is 1.65. The van der Waals surface area contributed by atoms with Gasteiger partial charge < -0.3 is 15.6 Å². The van der Waals surface area contributed by atoms with Gasteiger partial charge in [-0.05, 0) is 24.5 Å². The maximum Gasteiger partial charge on any atom is 0.123 e. The van der Waals surface area contributed by atoms with Gasteiger partial charge in [0, 0.05) is 24.1 Å². The zero-order valence-corrected chi connectivity index (χ0v) is 10.9. The third kappa shape index (κ3) is 3.20. The van der Waals surface area contributed by atoms with E-state index in [1.54, 1.807) is 7.11 Å². The fourth-order valence-corrected chi connectivity index (χ4v) is 2.01. The van der Waals surface area contributed by atoms with Crippen LogP contribution in [0, 0.1) is 5.92 Å². The van der Waals surface area contributed by atoms with Crippen LogP contribution in [0.5, 0.6) is 5.75 Å². The molecule has 0 aliphatic carbocycles. The molecule has 0 aliphatic rings. The SMILES string of the molecule is CCc1ccc(OC)c(C(N)C(CC)CO)c1. The van der Waals surface area contributed by atoms with Crippen molar-refractivity contribution in [3.63, 3.8) is 0 Å². The van der Waals surface area contributed by atoms with E-state index in [9.17, 15) is 5.11 Å². The Kier molecular flexibility index (Phi) is 5.45. The maximum absolute atomic E-state index is 9.33. The molecule has 0 heterocycles. The third-order valence-electron chi connectivity index (χ3n) is 3.33. The minimum atomic E-state index is -0.175. The highest BCUT2D eigenvalue weighted by atomic mass is 16.5. The molecule has 1 aromatic rings. The lowest BCUT2D eigenvalue weighted by Crippen LogP contribution is -2.24. The Labute approximate surface area is 104 Å². The molecular weight excluding hydrogens is 214 g/mol. The number of methoxy groups -OCH3 is 1. The van der Waals surface area contributed by atoms with Crippen LogP contribution in [0.15, 0.2) is 18.2 Å². The molecule has 0 saturated carbocycles. The molecule has 0 saturated heterocycles. The van der Waals surface area contributed by atoms with Crippen LogP contribution in [0.4, 0.5) is 0 Å². The number of hydrogen-bond donors (Lipinski definition) is 2. The number of nitrogens with two attached hydrogens (primary N) is 1. The number of aryl methyl sites for hydroxylation is 1. The highest BCUT2D eigenvalue weighted by Gasteiger charge is 2.20. The average molecular weight is 237 g/mol. The first-order chi connectivity index (χ1) is 8.17. The van der Waals surface area contributed by atoms with E-state index in [-0.39, 0.29) is 18.6 Å². The lowest BCUT2D eigenvalue weighted by Gasteiger charge is -2.23. The fourth-order valence-electron chi connectivity index (χ4n) is 2.01. The molecule has 0 amide bonds. The molecule has 2 atom stereocenters. The Morgan fingerprint density at radius 2 is 2.06 bits per heavy atom. The van der Waals surface area contributed by atoms with Crippen LogP contribution in [0.1, 0.15) is 37.4 Å². The minimum absolute atomic E-state index is 0.0796. The van der Waals surface area contributed by atoms with Gasteiger partial charge in [0.2, 0.25) is 0 Å². The molecule has 0 fully saturated rings. The molecule has 0 radical (unpaired) electrons. The summed E-state index contributed by atoms with van der Waals surface area (Å²) in [5.74, 6) is 0.887. The molecule has 2 unspecified atom stereocenters. The molecule has 1 rings (SSSR count). The van der Waals surface area contributed by atoms with Gasteiger partial charge in [-0.1, -0.05) is 26.0 Å². The van der Waals surface area contributed by atoms with Crippen LogP contribution in [-0.2, 0) is 6.42 Å². The maximum atomic E-state index is 9.33. The predicted molar refractivity (Wildman–Crippen MR) is 70.2 cm³/mol. The van der Waals surface area contributed by atoms with Gasteiger partial charge in [0.05, 0.1) is 7.11 Å². The molecule has 0 aliphatic heterocycles. The van der Waals surface area contributed by atoms with Gasteiger partial charge in [-0.25, -0.2) is 0 Å². The molecule has 0 aromatic heterocycles. The van der Waals surface area contributed by atoms with Crippen LogP contribution in [-0.4, -0.2) is 18.8 Å². The van der Waals surface area contributed by atoms with Crippen LogP contribution < -0.4 is 10.5 Å². The first-order valence-corrected chi connectivity index (χ1v) is 6.21. The molecular formula is C14H23NO2. The van der Waals surface area contributed by atoms with Gasteiger partial charge in [-0.2, -0.15) is 0 Å². The molecule has 17 heavy (non-hydrogen) atoms. The van der Waals surface area contributed by atoms with Crippen LogP contribution in [0.25, 0.3) is 0 Å². The molecule has 3 nitrogen and oxygen atoms in total. The Balaban J connectivity index is 3.08. The number of ether oxygens (including phenoxy) is 1. The van der Waals surface area contributed by atoms with Crippen molar-refractivity contribution in [3.8, 4) is 5.75 Å². The third-order valence-corrected chi connectivity index (χ3v) is 3.33. The van der Waals surface area contributed by atoms with Crippen molar-refractivity contribution in [2.24, 2.45) is 11.7 Å². The highest BCUT2D eigenvalue weighted by Crippen LogP contribution is 2.30. The number of benzene rings is 1. The molecule has 0 bridgehead atoms. The first-order valence-electron chi connectivity index (χ1n) is 6.21. The summed E-state index contributed by atoms with van der Waals surface area (Å²) in [4.78, 5) is 0. The minimum Gasteiger partial charge on any atom is -0.496 e. The van der Waals surface area contributed by atoms with Crippen molar-refractivity contribution in [1.29, 1.82) is 0 Å². The summed E-state index contributed by atoms with van der Waals surface area (Å²) in [6.45, 7) is 4.26. The van der Waals surface area contributed by atoms with Gasteiger partial charge in [0.1, 0.15) is 5.75 Å². The van der Waals surface area contributed by atoms with Crippen LogP contribution >= 0.6 is 0 Å². The average Bonchev–Trinajstić information content (AvgIpc) is 2.39. The van der Waals surface area contributed by atoms with Crippen molar-refractivity contribution >= 4 is 0 Å². The number of hydrogen-bond acceptors (Lipinski definition) is 3. The Morgan fingerprint density at radius 1 is 1.35 bits per heavy atom. The molecule has 3 heteroatoms. The normalized spacial score (nSPS) is 14.4. The molecule has 0 spiro atoms. The van der Waals surface area contributed by atoms with E-state index in [0.717, 1.165) is 24.2 Å². The summed E-state index contributed by atoms with van der Waals surface area (Å²) >= 11 is 0. The number of aliphatic hydroxyl groups excluding tert-OH is 1. The van der Waals surface area contributed by atoms with Crippen molar-refractivity contribution in [2.45, 2.75) is 32.7 Å². The van der Waals surface area contributed by atoms with Crippen LogP contribution in [0.3, 0.4) is 0 Å². The van der Waals surface area contributed by atoms with E-state index in [2.05, 4.69) is 19.1 Å². The van der Waals surface area contributed by atoms with Gasteiger partial charge in [0.15, 0.2) is 0 Å². The summed E-state index contributed by atoms with van der Waals surface area (Å²) in [5, 5.41) is 9.33. The van der Waals surface area contributed by atoms with Gasteiger partial charge >= 0.3 is 0 Å². The smallest absolute Gasteiger partial charge is 0.123 e. The van der Waals surface area contributed by atoms with Crippen molar-refractivity contribution in [3.05, 3.63) is 29.3 Å². The zero-order chi connectivity index (χ0) is 12.8. The largest absolute Gasteiger partial charge is 0.496 e.